The second kappa shape index (κ2) is 9.12. The van der Waals surface area contributed by atoms with Crippen LogP contribution < -0.4 is 24.8 Å². The van der Waals surface area contributed by atoms with Gasteiger partial charge in [0.15, 0.2) is 11.5 Å². The molecule has 2 amide bonds. The monoisotopic (exact) mass is 384 g/mol. The normalized spacial score (nSPS) is 16.0. The fourth-order valence-corrected chi connectivity index (χ4v) is 2.80. The first kappa shape index (κ1) is 19.5. The molecule has 1 aliphatic rings. The molecule has 28 heavy (non-hydrogen) atoms. The molecule has 1 heterocycles. The first-order valence-electron chi connectivity index (χ1n) is 9.16. The van der Waals surface area contributed by atoms with Gasteiger partial charge in [-0.3, -0.25) is 9.59 Å². The van der Waals surface area contributed by atoms with Crippen LogP contribution in [0.5, 0.6) is 17.2 Å². The highest BCUT2D eigenvalue weighted by Crippen LogP contribution is 2.30. The number of para-hydroxylation sites is 2. The Bertz CT molecular complexity index is 822. The Hall–Kier alpha value is -3.22. The summed E-state index contributed by atoms with van der Waals surface area (Å²) in [5.74, 6) is 1.29. The highest BCUT2D eigenvalue weighted by atomic mass is 16.6. The smallest absolute Gasteiger partial charge is 0.265 e. The molecule has 0 fully saturated rings. The Labute approximate surface area is 164 Å². The number of carbonyl (C=O) groups excluding carboxylic acids is 2. The van der Waals surface area contributed by atoms with Crippen LogP contribution in [-0.4, -0.2) is 44.2 Å². The molecule has 0 saturated carbocycles. The average Bonchev–Trinajstić information content (AvgIpc) is 2.73. The van der Waals surface area contributed by atoms with Crippen molar-refractivity contribution in [1.29, 1.82) is 0 Å². The van der Waals surface area contributed by atoms with E-state index in [0.29, 0.717) is 24.5 Å². The summed E-state index contributed by atoms with van der Waals surface area (Å²) >= 11 is 0. The van der Waals surface area contributed by atoms with Crippen molar-refractivity contribution in [2.45, 2.75) is 25.5 Å². The lowest BCUT2D eigenvalue weighted by atomic mass is 10.1. The number of nitrogens with one attached hydrogen (secondary N) is 2. The van der Waals surface area contributed by atoms with E-state index in [1.165, 1.54) is 0 Å². The molecule has 3 rings (SSSR count). The Morgan fingerprint density at radius 1 is 1.14 bits per heavy atom. The predicted octanol–water partition coefficient (Wildman–Crippen LogP) is 1.70. The third-order valence-corrected chi connectivity index (χ3v) is 4.43. The van der Waals surface area contributed by atoms with Gasteiger partial charge in [0.1, 0.15) is 18.4 Å². The largest absolute Gasteiger partial charge is 0.497 e. The zero-order valence-electron chi connectivity index (χ0n) is 15.9. The molecule has 1 aliphatic heterocycles. The average molecular weight is 384 g/mol. The van der Waals surface area contributed by atoms with Crippen molar-refractivity contribution in [1.82, 2.24) is 10.6 Å². The maximum Gasteiger partial charge on any atom is 0.265 e. The van der Waals surface area contributed by atoms with Gasteiger partial charge in [0.05, 0.1) is 7.11 Å². The van der Waals surface area contributed by atoms with Gasteiger partial charge in [-0.05, 0) is 43.2 Å². The van der Waals surface area contributed by atoms with Gasteiger partial charge in [0, 0.05) is 6.54 Å². The summed E-state index contributed by atoms with van der Waals surface area (Å²) in [6.07, 6.45) is -0.100. The number of methoxy groups -OCH3 is 1. The van der Waals surface area contributed by atoms with Crippen molar-refractivity contribution in [3.63, 3.8) is 0 Å². The van der Waals surface area contributed by atoms with Crippen molar-refractivity contribution in [3.05, 3.63) is 54.1 Å². The molecule has 0 saturated heterocycles. The van der Waals surface area contributed by atoms with E-state index in [1.807, 2.05) is 30.3 Å². The van der Waals surface area contributed by atoms with E-state index in [1.54, 1.807) is 32.2 Å². The number of hydrogen-bond donors (Lipinski definition) is 2. The van der Waals surface area contributed by atoms with Gasteiger partial charge in [-0.1, -0.05) is 24.3 Å². The second-order valence-electron chi connectivity index (χ2n) is 6.48. The molecule has 0 spiro atoms. The molecule has 0 bridgehead atoms. The zero-order valence-corrected chi connectivity index (χ0v) is 15.9. The van der Waals surface area contributed by atoms with E-state index in [-0.39, 0.29) is 18.4 Å². The molecule has 7 nitrogen and oxygen atoms in total. The molecular weight excluding hydrogens is 360 g/mol. The molecule has 0 aromatic heterocycles. The van der Waals surface area contributed by atoms with Crippen LogP contribution in [-0.2, 0) is 16.0 Å². The van der Waals surface area contributed by atoms with Crippen LogP contribution in [0.2, 0.25) is 0 Å². The van der Waals surface area contributed by atoms with Gasteiger partial charge in [0.25, 0.3) is 5.91 Å². The summed E-state index contributed by atoms with van der Waals surface area (Å²) in [4.78, 5) is 24.6. The maximum absolute atomic E-state index is 12.4. The van der Waals surface area contributed by atoms with E-state index in [9.17, 15) is 9.59 Å². The standard InChI is InChI=1S/C21H24N2O5/c1-14(20(24)22-12-11-15-7-9-16(26-2)10-8-15)23-21(25)19-13-27-17-5-3-4-6-18(17)28-19/h3-10,14,19H,11-13H2,1-2H3,(H,22,24)(H,23,25)/t14-,19+/m0/s1. The van der Waals surface area contributed by atoms with Crippen LogP contribution in [0, 0.1) is 0 Å². The van der Waals surface area contributed by atoms with E-state index in [2.05, 4.69) is 10.6 Å². The van der Waals surface area contributed by atoms with Crippen LogP contribution in [0.1, 0.15) is 12.5 Å². The molecule has 148 valence electrons. The minimum absolute atomic E-state index is 0.106. The summed E-state index contributed by atoms with van der Waals surface area (Å²) < 4.78 is 16.3. The van der Waals surface area contributed by atoms with Gasteiger partial charge in [-0.15, -0.1) is 0 Å². The molecule has 2 aromatic carbocycles. The second-order valence-corrected chi connectivity index (χ2v) is 6.48. The molecular formula is C21H24N2O5. The third kappa shape index (κ3) is 4.94. The summed E-state index contributed by atoms with van der Waals surface area (Å²) in [6.45, 7) is 2.22. The van der Waals surface area contributed by atoms with E-state index >= 15 is 0 Å². The predicted molar refractivity (Wildman–Crippen MR) is 104 cm³/mol. The highest BCUT2D eigenvalue weighted by Gasteiger charge is 2.29. The summed E-state index contributed by atoms with van der Waals surface area (Å²) in [7, 11) is 1.62. The lowest BCUT2D eigenvalue weighted by Gasteiger charge is -2.26. The Morgan fingerprint density at radius 2 is 1.86 bits per heavy atom. The molecule has 0 unspecified atom stereocenters. The topological polar surface area (TPSA) is 85.9 Å². The minimum Gasteiger partial charge on any atom is -0.497 e. The van der Waals surface area contributed by atoms with Crippen LogP contribution in [0.4, 0.5) is 0 Å². The Morgan fingerprint density at radius 3 is 2.57 bits per heavy atom. The quantitative estimate of drug-likeness (QED) is 0.759. The lowest BCUT2D eigenvalue weighted by Crippen LogP contribution is -2.51. The van der Waals surface area contributed by atoms with Crippen molar-refractivity contribution in [2.24, 2.45) is 0 Å². The number of amides is 2. The number of fused-ring (bicyclic) bond motifs is 1. The summed E-state index contributed by atoms with van der Waals surface area (Å²) in [5, 5.41) is 5.50. The van der Waals surface area contributed by atoms with Gasteiger partial charge >= 0.3 is 0 Å². The zero-order chi connectivity index (χ0) is 19.9. The van der Waals surface area contributed by atoms with Crippen molar-refractivity contribution >= 4 is 11.8 Å². The van der Waals surface area contributed by atoms with E-state index in [4.69, 9.17) is 14.2 Å². The Kier molecular flexibility index (Phi) is 6.37. The van der Waals surface area contributed by atoms with Gasteiger partial charge < -0.3 is 24.8 Å². The number of carbonyl (C=O) groups is 2. The highest BCUT2D eigenvalue weighted by molar-refractivity contribution is 5.89. The minimum atomic E-state index is -0.788. The fourth-order valence-electron chi connectivity index (χ4n) is 2.80. The van der Waals surface area contributed by atoms with E-state index in [0.717, 1.165) is 11.3 Å². The maximum atomic E-state index is 12.4. The van der Waals surface area contributed by atoms with Gasteiger partial charge in [-0.25, -0.2) is 0 Å². The number of ether oxygens (including phenoxy) is 3. The van der Waals surface area contributed by atoms with Crippen molar-refractivity contribution < 1.29 is 23.8 Å². The summed E-state index contributed by atoms with van der Waals surface area (Å²) in [5.41, 5.74) is 1.09. The molecule has 0 aliphatic carbocycles. The first-order valence-corrected chi connectivity index (χ1v) is 9.16. The molecule has 0 radical (unpaired) electrons. The SMILES string of the molecule is COc1ccc(CCNC(=O)[C@H](C)NC(=O)[C@H]2COc3ccccc3O2)cc1. The van der Waals surface area contributed by atoms with Crippen molar-refractivity contribution in [3.8, 4) is 17.2 Å². The van der Waals surface area contributed by atoms with Gasteiger partial charge in [-0.2, -0.15) is 0 Å². The number of benzene rings is 2. The molecule has 7 heteroatoms. The first-order chi connectivity index (χ1) is 13.6. The van der Waals surface area contributed by atoms with Gasteiger partial charge in [0.2, 0.25) is 12.0 Å². The molecule has 2 N–H and O–H groups in total. The molecule has 2 atom stereocenters. The van der Waals surface area contributed by atoms with Crippen LogP contribution >= 0.6 is 0 Å². The van der Waals surface area contributed by atoms with Crippen LogP contribution in [0.3, 0.4) is 0 Å². The summed E-state index contributed by atoms with van der Waals surface area (Å²) in [6, 6.07) is 14.1. The van der Waals surface area contributed by atoms with E-state index < -0.39 is 12.1 Å². The van der Waals surface area contributed by atoms with Crippen molar-refractivity contribution in [2.75, 3.05) is 20.3 Å². The van der Waals surface area contributed by atoms with Crippen LogP contribution in [0.25, 0.3) is 0 Å². The van der Waals surface area contributed by atoms with Crippen LogP contribution in [0.15, 0.2) is 48.5 Å². The number of hydrogen-bond acceptors (Lipinski definition) is 5. The number of rotatable bonds is 7. The fraction of sp³-hybridized carbons (Fsp3) is 0.333. The molecule has 2 aromatic rings. The Balaban J connectivity index is 1.43. The third-order valence-electron chi connectivity index (χ3n) is 4.43. The lowest BCUT2D eigenvalue weighted by molar-refractivity contribution is -0.134.